The molecular weight excluding hydrogens is 363 g/mol. The second-order valence-electron chi connectivity index (χ2n) is 7.25. The summed E-state index contributed by atoms with van der Waals surface area (Å²) in [6.07, 6.45) is 0.666. The molecule has 3 heteroatoms. The molecule has 1 aliphatic heterocycles. The van der Waals surface area contributed by atoms with Crippen molar-refractivity contribution in [3.63, 3.8) is 0 Å². The molecule has 1 fully saturated rings. The zero-order valence-corrected chi connectivity index (χ0v) is 17.1. The molecule has 0 atom stereocenters. The Kier molecular flexibility index (Phi) is 5.46. The van der Waals surface area contributed by atoms with Gasteiger partial charge in [-0.15, -0.1) is 0 Å². The van der Waals surface area contributed by atoms with Crippen molar-refractivity contribution in [2.75, 3.05) is 13.2 Å². The number of hydrogen-bond acceptors (Lipinski definition) is 2. The summed E-state index contributed by atoms with van der Waals surface area (Å²) in [5, 5.41) is 5.08. The standard InChI is InChI=1S/C25H26O2P/c1-21(20-25(2)26-18-19-27-25)28(22-12-6-3-7-13-22,23-14-8-4-9-15-23)24-16-10-5-11-17-24/h3-17H,1,18-20H2,2H3/q+1. The summed E-state index contributed by atoms with van der Waals surface area (Å²) < 4.78 is 11.9. The number of benzene rings is 3. The molecule has 1 saturated heterocycles. The van der Waals surface area contributed by atoms with Crippen LogP contribution in [0.3, 0.4) is 0 Å². The third-order valence-electron chi connectivity index (χ3n) is 5.33. The Morgan fingerprint density at radius 2 is 1.11 bits per heavy atom. The van der Waals surface area contributed by atoms with Gasteiger partial charge in [-0.1, -0.05) is 61.2 Å². The van der Waals surface area contributed by atoms with Crippen LogP contribution < -0.4 is 15.9 Å². The van der Waals surface area contributed by atoms with Crippen LogP contribution in [0.1, 0.15) is 13.3 Å². The summed E-state index contributed by atoms with van der Waals surface area (Å²) in [4.78, 5) is 0. The number of hydrogen-bond donors (Lipinski definition) is 0. The molecule has 0 N–H and O–H groups in total. The van der Waals surface area contributed by atoms with E-state index in [2.05, 4.69) is 97.6 Å². The van der Waals surface area contributed by atoms with Crippen molar-refractivity contribution >= 4 is 23.2 Å². The van der Waals surface area contributed by atoms with E-state index in [1.165, 1.54) is 21.2 Å². The normalized spacial score (nSPS) is 16.0. The molecule has 0 aromatic heterocycles. The van der Waals surface area contributed by atoms with Crippen LogP contribution >= 0.6 is 7.26 Å². The summed E-state index contributed by atoms with van der Waals surface area (Å²) in [6, 6.07) is 32.3. The molecule has 0 amide bonds. The Labute approximate surface area is 168 Å². The minimum Gasteiger partial charge on any atom is -0.347 e. The third-order valence-corrected chi connectivity index (χ3v) is 9.65. The molecule has 3 aromatic carbocycles. The van der Waals surface area contributed by atoms with Crippen LogP contribution in [0.5, 0.6) is 0 Å². The van der Waals surface area contributed by atoms with Gasteiger partial charge in [0, 0.05) is 0 Å². The van der Waals surface area contributed by atoms with Crippen LogP contribution in [-0.2, 0) is 9.47 Å². The highest BCUT2D eigenvalue weighted by Gasteiger charge is 2.51. The fourth-order valence-electron chi connectivity index (χ4n) is 4.10. The van der Waals surface area contributed by atoms with Gasteiger partial charge in [-0.2, -0.15) is 0 Å². The molecule has 4 rings (SSSR count). The van der Waals surface area contributed by atoms with Gasteiger partial charge in [0.25, 0.3) is 0 Å². The molecule has 28 heavy (non-hydrogen) atoms. The average Bonchev–Trinajstić information content (AvgIpc) is 3.17. The SMILES string of the molecule is C=C(CC1(C)OCCO1)[P+](c1ccccc1)(c1ccccc1)c1ccccc1. The maximum atomic E-state index is 5.95. The van der Waals surface area contributed by atoms with Gasteiger partial charge < -0.3 is 9.47 Å². The predicted molar refractivity (Wildman–Crippen MR) is 119 cm³/mol. The van der Waals surface area contributed by atoms with E-state index in [0.29, 0.717) is 19.6 Å². The molecule has 142 valence electrons. The first-order valence-corrected chi connectivity index (χ1v) is 11.5. The van der Waals surface area contributed by atoms with Crippen LogP contribution in [-0.4, -0.2) is 19.0 Å². The Bertz CT molecular complexity index is 820. The lowest BCUT2D eigenvalue weighted by Crippen LogP contribution is -2.35. The molecular formula is C25H26O2P+. The van der Waals surface area contributed by atoms with E-state index in [9.17, 15) is 0 Å². The van der Waals surface area contributed by atoms with Crippen LogP contribution in [0.2, 0.25) is 0 Å². The van der Waals surface area contributed by atoms with Gasteiger partial charge >= 0.3 is 0 Å². The molecule has 0 aliphatic carbocycles. The molecule has 0 saturated carbocycles. The zero-order chi connectivity index (χ0) is 19.5. The lowest BCUT2D eigenvalue weighted by Gasteiger charge is -2.32. The van der Waals surface area contributed by atoms with Crippen LogP contribution in [0.4, 0.5) is 0 Å². The second-order valence-corrected chi connectivity index (χ2v) is 10.8. The Morgan fingerprint density at radius 3 is 1.46 bits per heavy atom. The molecule has 0 spiro atoms. The van der Waals surface area contributed by atoms with Crippen LogP contribution in [0.25, 0.3) is 0 Å². The highest BCUT2D eigenvalue weighted by atomic mass is 31.2. The van der Waals surface area contributed by atoms with Gasteiger partial charge in [-0.3, -0.25) is 0 Å². The lowest BCUT2D eigenvalue weighted by atomic mass is 10.2. The van der Waals surface area contributed by atoms with Crippen LogP contribution in [0, 0.1) is 0 Å². The van der Waals surface area contributed by atoms with E-state index in [1.54, 1.807) is 0 Å². The molecule has 1 heterocycles. The molecule has 3 aromatic rings. The van der Waals surface area contributed by atoms with E-state index in [4.69, 9.17) is 9.47 Å². The van der Waals surface area contributed by atoms with E-state index < -0.39 is 13.0 Å². The first-order valence-electron chi connectivity index (χ1n) is 9.67. The van der Waals surface area contributed by atoms with Gasteiger partial charge in [0.1, 0.15) is 23.2 Å². The van der Waals surface area contributed by atoms with Crippen molar-refractivity contribution in [2.24, 2.45) is 0 Å². The fourth-order valence-corrected chi connectivity index (χ4v) is 8.47. The quantitative estimate of drug-likeness (QED) is 0.572. The fraction of sp³-hybridized carbons (Fsp3) is 0.200. The van der Waals surface area contributed by atoms with Gasteiger partial charge in [0.15, 0.2) is 5.79 Å². The van der Waals surface area contributed by atoms with Gasteiger partial charge in [0.2, 0.25) is 0 Å². The topological polar surface area (TPSA) is 18.5 Å². The smallest absolute Gasteiger partial charge is 0.172 e. The molecule has 0 radical (unpaired) electrons. The first-order chi connectivity index (χ1) is 13.7. The summed E-state index contributed by atoms with van der Waals surface area (Å²) >= 11 is 0. The largest absolute Gasteiger partial charge is 0.347 e. The van der Waals surface area contributed by atoms with Crippen molar-refractivity contribution in [3.05, 3.63) is 103 Å². The minimum absolute atomic E-state index is 0.610. The van der Waals surface area contributed by atoms with E-state index in [1.807, 2.05) is 6.92 Å². The van der Waals surface area contributed by atoms with Gasteiger partial charge in [-0.05, 0) is 43.3 Å². The molecule has 0 unspecified atom stereocenters. The summed E-state index contributed by atoms with van der Waals surface area (Å²) in [5.41, 5.74) is 0. The summed E-state index contributed by atoms with van der Waals surface area (Å²) in [7, 11) is -2.09. The Hall–Kier alpha value is -2.25. The van der Waals surface area contributed by atoms with Crippen molar-refractivity contribution in [2.45, 2.75) is 19.1 Å². The van der Waals surface area contributed by atoms with Gasteiger partial charge in [-0.25, -0.2) is 0 Å². The zero-order valence-electron chi connectivity index (χ0n) is 16.3. The van der Waals surface area contributed by atoms with Crippen molar-refractivity contribution in [1.82, 2.24) is 0 Å². The minimum atomic E-state index is -2.09. The average molecular weight is 389 g/mol. The lowest BCUT2D eigenvalue weighted by molar-refractivity contribution is -0.139. The molecule has 1 aliphatic rings. The molecule has 0 bridgehead atoms. The molecule has 2 nitrogen and oxygen atoms in total. The third kappa shape index (κ3) is 3.44. The van der Waals surface area contributed by atoms with Gasteiger partial charge in [0.05, 0.1) is 24.9 Å². The predicted octanol–water partition coefficient (Wildman–Crippen LogP) is 4.65. The van der Waals surface area contributed by atoms with Crippen LogP contribution in [0.15, 0.2) is 103 Å². The highest BCUT2D eigenvalue weighted by Crippen LogP contribution is 2.63. The number of rotatable bonds is 6. The highest BCUT2D eigenvalue weighted by molar-refractivity contribution is 7.99. The summed E-state index contributed by atoms with van der Waals surface area (Å²) in [5.74, 6) is -0.610. The van der Waals surface area contributed by atoms with E-state index in [0.717, 1.165) is 0 Å². The first kappa shape index (κ1) is 19.1. The van der Waals surface area contributed by atoms with Crippen molar-refractivity contribution < 1.29 is 9.47 Å². The number of ether oxygens (including phenoxy) is 2. The Balaban J connectivity index is 1.94. The summed E-state index contributed by atoms with van der Waals surface area (Å²) in [6.45, 7) is 7.96. The van der Waals surface area contributed by atoms with E-state index >= 15 is 0 Å². The maximum absolute atomic E-state index is 5.95. The van der Waals surface area contributed by atoms with Crippen molar-refractivity contribution in [3.8, 4) is 0 Å². The Morgan fingerprint density at radius 1 is 0.750 bits per heavy atom. The maximum Gasteiger partial charge on any atom is 0.172 e. The van der Waals surface area contributed by atoms with Crippen molar-refractivity contribution in [1.29, 1.82) is 0 Å². The van der Waals surface area contributed by atoms with E-state index in [-0.39, 0.29) is 0 Å². The monoisotopic (exact) mass is 389 g/mol. The second kappa shape index (κ2) is 8.01.